The van der Waals surface area contributed by atoms with Crippen LogP contribution in [0.3, 0.4) is 0 Å². The van der Waals surface area contributed by atoms with E-state index < -0.39 is 0 Å². The van der Waals surface area contributed by atoms with E-state index in [0.717, 1.165) is 16.9 Å². The molecule has 0 aliphatic heterocycles. The zero-order valence-electron chi connectivity index (χ0n) is 17.6. The predicted molar refractivity (Wildman–Crippen MR) is 117 cm³/mol. The smallest absolute Gasteiger partial charge is 0.262 e. The molecule has 4 aromatic rings. The van der Waals surface area contributed by atoms with E-state index in [1.165, 1.54) is 18.8 Å². The lowest BCUT2D eigenvalue weighted by Crippen LogP contribution is -2.35. The van der Waals surface area contributed by atoms with Crippen LogP contribution < -0.4 is 20.3 Å². The maximum atomic E-state index is 13.0. The zero-order valence-corrected chi connectivity index (χ0v) is 17.6. The number of aromatic nitrogens is 4. The number of hydrogen-bond acceptors (Lipinski definition) is 6. The number of rotatable bonds is 7. The average Bonchev–Trinajstić information content (AvgIpc) is 3.18. The molecule has 160 valence electrons. The third-order valence-electron chi connectivity index (χ3n) is 5.07. The van der Waals surface area contributed by atoms with Crippen LogP contribution in [0, 0.1) is 6.92 Å². The van der Waals surface area contributed by atoms with Crippen molar-refractivity contribution in [3.63, 3.8) is 0 Å². The Morgan fingerprint density at radius 2 is 1.84 bits per heavy atom. The number of imidazole rings is 1. The number of fused-ring (bicyclic) bond motifs is 2. The molecule has 0 unspecified atom stereocenters. The summed E-state index contributed by atoms with van der Waals surface area (Å²) in [4.78, 5) is 37.6. The number of ether oxygens (including phenoxy) is 2. The van der Waals surface area contributed by atoms with Gasteiger partial charge in [0.15, 0.2) is 11.5 Å². The summed E-state index contributed by atoms with van der Waals surface area (Å²) in [6, 6.07) is 11.0. The summed E-state index contributed by atoms with van der Waals surface area (Å²) < 4.78 is 11.9. The maximum absolute atomic E-state index is 13.0. The van der Waals surface area contributed by atoms with Gasteiger partial charge in [-0.2, -0.15) is 0 Å². The fraction of sp³-hybridized carbons (Fsp3) is 0.273. The molecule has 0 saturated carbocycles. The molecule has 0 fully saturated rings. The van der Waals surface area contributed by atoms with Gasteiger partial charge in [-0.05, 0) is 25.1 Å². The maximum Gasteiger partial charge on any atom is 0.262 e. The number of carbonyl (C=O) groups excluding carboxylic acids is 1. The van der Waals surface area contributed by atoms with Crippen molar-refractivity contribution in [2.75, 3.05) is 20.8 Å². The van der Waals surface area contributed by atoms with E-state index in [9.17, 15) is 9.59 Å². The van der Waals surface area contributed by atoms with Gasteiger partial charge in [-0.25, -0.2) is 9.97 Å². The van der Waals surface area contributed by atoms with Gasteiger partial charge in [-0.3, -0.25) is 14.2 Å². The molecule has 2 aromatic heterocycles. The minimum absolute atomic E-state index is 0.123. The van der Waals surface area contributed by atoms with Crippen molar-refractivity contribution in [1.29, 1.82) is 0 Å². The minimum Gasteiger partial charge on any atom is -0.493 e. The molecule has 2 heterocycles. The molecule has 0 spiro atoms. The highest BCUT2D eigenvalue weighted by molar-refractivity contribution is 5.82. The normalized spacial score (nSPS) is 11.1. The van der Waals surface area contributed by atoms with Crippen LogP contribution in [0.4, 0.5) is 0 Å². The standard InChI is InChI=1S/C22H23N5O4/c1-13-24-17-11-19(31-3)18(30-2)10-14(17)22(29)27(13)12-21(28)23-9-8-20-25-15-6-4-5-7-16(15)26-20/h4-7,10-11H,8-9,12H2,1-3H3,(H,23,28)(H,25,26). The Kier molecular flexibility index (Phi) is 5.57. The van der Waals surface area contributed by atoms with Crippen molar-refractivity contribution in [3.8, 4) is 11.5 Å². The Balaban J connectivity index is 1.48. The summed E-state index contributed by atoms with van der Waals surface area (Å²) in [6.45, 7) is 1.97. The van der Waals surface area contributed by atoms with Gasteiger partial charge in [0.05, 0.1) is 36.2 Å². The molecule has 4 rings (SSSR count). The topological polar surface area (TPSA) is 111 Å². The number of methoxy groups -OCH3 is 2. The molecule has 2 aromatic carbocycles. The van der Waals surface area contributed by atoms with Crippen LogP contribution >= 0.6 is 0 Å². The number of hydrogen-bond donors (Lipinski definition) is 2. The number of nitrogens with one attached hydrogen (secondary N) is 2. The van der Waals surface area contributed by atoms with E-state index in [0.29, 0.717) is 41.2 Å². The highest BCUT2D eigenvalue weighted by Gasteiger charge is 2.15. The van der Waals surface area contributed by atoms with Crippen molar-refractivity contribution in [2.24, 2.45) is 0 Å². The Hall–Kier alpha value is -3.88. The lowest BCUT2D eigenvalue weighted by atomic mass is 10.2. The molecule has 31 heavy (non-hydrogen) atoms. The largest absolute Gasteiger partial charge is 0.493 e. The molecule has 0 radical (unpaired) electrons. The second-order valence-electron chi connectivity index (χ2n) is 7.08. The Morgan fingerprint density at radius 3 is 2.58 bits per heavy atom. The first-order chi connectivity index (χ1) is 15.0. The van der Waals surface area contributed by atoms with E-state index in [4.69, 9.17) is 9.47 Å². The molecule has 1 amide bonds. The quantitative estimate of drug-likeness (QED) is 0.472. The molecule has 0 bridgehead atoms. The van der Waals surface area contributed by atoms with Gasteiger partial charge in [0.2, 0.25) is 5.91 Å². The molecule has 0 saturated heterocycles. The van der Waals surface area contributed by atoms with Gasteiger partial charge in [0, 0.05) is 19.0 Å². The minimum atomic E-state index is -0.309. The van der Waals surface area contributed by atoms with Crippen molar-refractivity contribution < 1.29 is 14.3 Å². The average molecular weight is 421 g/mol. The second kappa shape index (κ2) is 8.47. The lowest BCUT2D eigenvalue weighted by molar-refractivity contribution is -0.121. The van der Waals surface area contributed by atoms with Crippen LogP contribution in [0.25, 0.3) is 21.9 Å². The third-order valence-corrected chi connectivity index (χ3v) is 5.07. The molecule has 0 atom stereocenters. The first-order valence-corrected chi connectivity index (χ1v) is 9.83. The van der Waals surface area contributed by atoms with E-state index >= 15 is 0 Å². The second-order valence-corrected chi connectivity index (χ2v) is 7.08. The Morgan fingerprint density at radius 1 is 1.10 bits per heavy atom. The van der Waals surface area contributed by atoms with Crippen LogP contribution in [0.1, 0.15) is 11.6 Å². The molecule has 0 aliphatic rings. The monoisotopic (exact) mass is 421 g/mol. The van der Waals surface area contributed by atoms with Crippen molar-refractivity contribution >= 4 is 27.8 Å². The zero-order chi connectivity index (χ0) is 22.0. The number of aryl methyl sites for hydroxylation is 1. The van der Waals surface area contributed by atoms with Gasteiger partial charge in [-0.15, -0.1) is 0 Å². The number of para-hydroxylation sites is 2. The van der Waals surface area contributed by atoms with Crippen LogP contribution in [0.15, 0.2) is 41.2 Å². The molecule has 9 nitrogen and oxygen atoms in total. The van der Waals surface area contributed by atoms with Crippen molar-refractivity contribution in [1.82, 2.24) is 24.8 Å². The first-order valence-electron chi connectivity index (χ1n) is 9.83. The fourth-order valence-electron chi connectivity index (χ4n) is 3.49. The van der Waals surface area contributed by atoms with Crippen LogP contribution in [0.2, 0.25) is 0 Å². The molecular weight excluding hydrogens is 398 g/mol. The van der Waals surface area contributed by atoms with Gasteiger partial charge in [0.25, 0.3) is 5.56 Å². The Bertz CT molecular complexity index is 1290. The number of amides is 1. The summed E-state index contributed by atoms with van der Waals surface area (Å²) in [5.74, 6) is 1.88. The summed E-state index contributed by atoms with van der Waals surface area (Å²) >= 11 is 0. The van der Waals surface area contributed by atoms with Crippen LogP contribution in [0.5, 0.6) is 11.5 Å². The van der Waals surface area contributed by atoms with Gasteiger partial charge < -0.3 is 19.8 Å². The summed E-state index contributed by atoms with van der Waals surface area (Å²) in [5, 5.41) is 3.20. The van der Waals surface area contributed by atoms with E-state index in [1.54, 1.807) is 19.1 Å². The fourth-order valence-corrected chi connectivity index (χ4v) is 3.49. The van der Waals surface area contributed by atoms with E-state index in [-0.39, 0.29) is 18.0 Å². The molecular formula is C22H23N5O4. The number of aromatic amines is 1. The van der Waals surface area contributed by atoms with Crippen LogP contribution in [-0.2, 0) is 17.8 Å². The lowest BCUT2D eigenvalue weighted by Gasteiger charge is -2.13. The van der Waals surface area contributed by atoms with Gasteiger partial charge in [0.1, 0.15) is 18.2 Å². The highest BCUT2D eigenvalue weighted by Crippen LogP contribution is 2.30. The number of H-pyrrole nitrogens is 1. The summed E-state index contributed by atoms with van der Waals surface area (Å²) in [7, 11) is 3.02. The molecule has 0 aliphatic carbocycles. The Labute approximate surface area is 178 Å². The van der Waals surface area contributed by atoms with E-state index in [2.05, 4.69) is 20.3 Å². The number of benzene rings is 2. The van der Waals surface area contributed by atoms with E-state index in [1.807, 2.05) is 24.3 Å². The van der Waals surface area contributed by atoms with Gasteiger partial charge >= 0.3 is 0 Å². The SMILES string of the molecule is COc1cc2nc(C)n(CC(=O)NCCc3nc4ccccc4[nH]3)c(=O)c2cc1OC. The first kappa shape index (κ1) is 20.4. The van der Waals surface area contributed by atoms with Crippen LogP contribution in [-0.4, -0.2) is 46.2 Å². The third kappa shape index (κ3) is 4.07. The number of nitrogens with zero attached hydrogens (tertiary/aromatic N) is 3. The van der Waals surface area contributed by atoms with Crippen molar-refractivity contribution in [3.05, 3.63) is 58.4 Å². The van der Waals surface area contributed by atoms with Gasteiger partial charge in [-0.1, -0.05) is 12.1 Å². The summed E-state index contributed by atoms with van der Waals surface area (Å²) in [5.41, 5.74) is 2.03. The summed E-state index contributed by atoms with van der Waals surface area (Å²) in [6.07, 6.45) is 0.557. The predicted octanol–water partition coefficient (Wildman–Crippen LogP) is 1.96. The number of carbonyl (C=O) groups is 1. The van der Waals surface area contributed by atoms with Crippen molar-refractivity contribution in [2.45, 2.75) is 19.9 Å². The highest BCUT2D eigenvalue weighted by atomic mass is 16.5. The molecule has 9 heteroatoms. The molecule has 2 N–H and O–H groups in total.